The Morgan fingerprint density at radius 3 is 2.76 bits per heavy atom. The largest absolute Gasteiger partial charge is 0.337 e. The molecule has 136 valence electrons. The number of halogens is 2. The van der Waals surface area contributed by atoms with Crippen molar-refractivity contribution in [3.05, 3.63) is 47.5 Å². The van der Waals surface area contributed by atoms with E-state index in [1.807, 2.05) is 13.0 Å². The van der Waals surface area contributed by atoms with Crippen molar-refractivity contribution in [3.8, 4) is 0 Å². The molecule has 0 spiro atoms. The van der Waals surface area contributed by atoms with Gasteiger partial charge in [0.25, 0.3) is 5.91 Å². The molecular formula is C17H23ClFN5O. The van der Waals surface area contributed by atoms with Crippen LogP contribution >= 0.6 is 12.4 Å². The minimum absolute atomic E-state index is 0. The van der Waals surface area contributed by atoms with E-state index in [2.05, 4.69) is 10.3 Å². The summed E-state index contributed by atoms with van der Waals surface area (Å²) in [6.45, 7) is 3.79. The summed E-state index contributed by atoms with van der Waals surface area (Å²) >= 11 is 0. The van der Waals surface area contributed by atoms with Crippen molar-refractivity contribution >= 4 is 18.3 Å². The minimum atomic E-state index is -0.291. The first-order valence-corrected chi connectivity index (χ1v) is 8.22. The lowest BCUT2D eigenvalue weighted by atomic mass is 9.91. The molecule has 1 aromatic carbocycles. The molecule has 1 amide bonds. The van der Waals surface area contributed by atoms with Crippen LogP contribution in [0.3, 0.4) is 0 Å². The standard InChI is InChI=1S/C17H22FN5O.ClH/c1-12(19)14-5-7-22(8-6-14)17(24)16-11-23(21-20-16)10-13-3-2-4-15(18)9-13;/h2-4,9,11-12,14H,5-8,10,19H2,1H3;1H. The molecule has 6 nitrogen and oxygen atoms in total. The van der Waals surface area contributed by atoms with Crippen LogP contribution in [0.1, 0.15) is 35.8 Å². The Kier molecular flexibility index (Phi) is 6.50. The molecule has 1 unspecified atom stereocenters. The maximum atomic E-state index is 13.2. The van der Waals surface area contributed by atoms with Crippen molar-refractivity contribution in [2.45, 2.75) is 32.4 Å². The number of nitrogens with zero attached hydrogens (tertiary/aromatic N) is 4. The average Bonchev–Trinajstić information content (AvgIpc) is 3.02. The topological polar surface area (TPSA) is 77.0 Å². The van der Waals surface area contributed by atoms with Crippen LogP contribution < -0.4 is 5.73 Å². The van der Waals surface area contributed by atoms with Crippen molar-refractivity contribution < 1.29 is 9.18 Å². The van der Waals surface area contributed by atoms with Gasteiger partial charge in [-0.2, -0.15) is 0 Å². The Morgan fingerprint density at radius 2 is 2.12 bits per heavy atom. The number of piperidine rings is 1. The van der Waals surface area contributed by atoms with Crippen molar-refractivity contribution in [1.82, 2.24) is 19.9 Å². The number of likely N-dealkylation sites (tertiary alicyclic amines) is 1. The highest BCUT2D eigenvalue weighted by molar-refractivity contribution is 5.92. The highest BCUT2D eigenvalue weighted by atomic mass is 35.5. The zero-order valence-corrected chi connectivity index (χ0v) is 15.0. The van der Waals surface area contributed by atoms with Gasteiger partial charge in [-0.05, 0) is 43.4 Å². The van der Waals surface area contributed by atoms with Crippen molar-refractivity contribution in [2.24, 2.45) is 11.7 Å². The van der Waals surface area contributed by atoms with Crippen LogP contribution in [0.15, 0.2) is 30.5 Å². The van der Waals surface area contributed by atoms with Gasteiger partial charge in [-0.25, -0.2) is 9.07 Å². The van der Waals surface area contributed by atoms with Crippen LogP contribution in [0.5, 0.6) is 0 Å². The molecule has 2 aromatic rings. The third-order valence-electron chi connectivity index (χ3n) is 4.56. The van der Waals surface area contributed by atoms with E-state index in [0.29, 0.717) is 31.2 Å². The summed E-state index contributed by atoms with van der Waals surface area (Å²) in [5.41, 5.74) is 7.03. The SMILES string of the molecule is CC(N)C1CCN(C(=O)c2cn(Cc3cccc(F)c3)nn2)CC1.Cl. The lowest BCUT2D eigenvalue weighted by molar-refractivity contribution is 0.0675. The third-order valence-corrected chi connectivity index (χ3v) is 4.56. The van der Waals surface area contributed by atoms with Crippen LogP contribution in [0.25, 0.3) is 0 Å². The Balaban J connectivity index is 0.00000225. The van der Waals surface area contributed by atoms with Gasteiger partial charge in [0.1, 0.15) is 5.82 Å². The first-order valence-electron chi connectivity index (χ1n) is 8.22. The predicted octanol–water partition coefficient (Wildman–Crippen LogP) is 2.09. The first-order chi connectivity index (χ1) is 11.5. The van der Waals surface area contributed by atoms with Crippen LogP contribution in [0, 0.1) is 11.7 Å². The molecule has 1 saturated heterocycles. The lowest BCUT2D eigenvalue weighted by Crippen LogP contribution is -2.42. The van der Waals surface area contributed by atoms with E-state index < -0.39 is 0 Å². The highest BCUT2D eigenvalue weighted by Gasteiger charge is 2.26. The molecule has 2 heterocycles. The number of benzene rings is 1. The number of carbonyl (C=O) groups excluding carboxylic acids is 1. The maximum absolute atomic E-state index is 13.2. The van der Waals surface area contributed by atoms with E-state index in [4.69, 9.17) is 5.73 Å². The van der Waals surface area contributed by atoms with Gasteiger partial charge >= 0.3 is 0 Å². The summed E-state index contributed by atoms with van der Waals surface area (Å²) in [6.07, 6.45) is 3.45. The van der Waals surface area contributed by atoms with Crippen molar-refractivity contribution in [2.75, 3.05) is 13.1 Å². The molecule has 8 heteroatoms. The molecule has 0 radical (unpaired) electrons. The van der Waals surface area contributed by atoms with Crippen LogP contribution in [0.4, 0.5) is 4.39 Å². The second-order valence-corrected chi connectivity index (χ2v) is 6.42. The van der Waals surface area contributed by atoms with Gasteiger partial charge in [-0.15, -0.1) is 17.5 Å². The summed E-state index contributed by atoms with van der Waals surface area (Å²) in [4.78, 5) is 14.3. The molecule has 0 saturated carbocycles. The average molecular weight is 368 g/mol. The number of amides is 1. The fourth-order valence-corrected chi connectivity index (χ4v) is 3.09. The molecule has 1 aliphatic rings. The molecule has 1 fully saturated rings. The Hall–Kier alpha value is -1.99. The predicted molar refractivity (Wildman–Crippen MR) is 95.0 cm³/mol. The van der Waals surface area contributed by atoms with Gasteiger partial charge in [0.05, 0.1) is 12.7 Å². The number of hydrogen-bond donors (Lipinski definition) is 1. The molecule has 2 N–H and O–H groups in total. The maximum Gasteiger partial charge on any atom is 0.276 e. The monoisotopic (exact) mass is 367 g/mol. The van der Waals surface area contributed by atoms with Gasteiger partial charge in [-0.1, -0.05) is 17.3 Å². The smallest absolute Gasteiger partial charge is 0.276 e. The Labute approximate surface area is 152 Å². The van der Waals surface area contributed by atoms with Crippen LogP contribution in [-0.2, 0) is 6.54 Å². The van der Waals surface area contributed by atoms with Gasteiger partial charge in [0.2, 0.25) is 0 Å². The highest BCUT2D eigenvalue weighted by Crippen LogP contribution is 2.20. The summed E-state index contributed by atoms with van der Waals surface area (Å²) in [5.74, 6) is 0.0715. The fraction of sp³-hybridized carbons (Fsp3) is 0.471. The van der Waals surface area contributed by atoms with E-state index in [0.717, 1.165) is 18.4 Å². The summed E-state index contributed by atoms with van der Waals surface area (Å²) < 4.78 is 14.8. The molecule has 0 bridgehead atoms. The van der Waals surface area contributed by atoms with E-state index in [1.165, 1.54) is 12.1 Å². The molecule has 1 atom stereocenters. The molecule has 1 aromatic heterocycles. The number of rotatable bonds is 4. The summed E-state index contributed by atoms with van der Waals surface area (Å²) in [7, 11) is 0. The first kappa shape index (κ1) is 19.3. The second kappa shape index (κ2) is 8.40. The normalized spacial score (nSPS) is 16.4. The van der Waals surface area contributed by atoms with Gasteiger partial charge in [0, 0.05) is 19.1 Å². The van der Waals surface area contributed by atoms with Crippen LogP contribution in [-0.4, -0.2) is 44.9 Å². The van der Waals surface area contributed by atoms with E-state index in [9.17, 15) is 9.18 Å². The number of carbonyl (C=O) groups is 1. The van der Waals surface area contributed by atoms with Crippen molar-refractivity contribution in [3.63, 3.8) is 0 Å². The quantitative estimate of drug-likeness (QED) is 0.897. The van der Waals surface area contributed by atoms with Crippen LogP contribution in [0.2, 0.25) is 0 Å². The fourth-order valence-electron chi connectivity index (χ4n) is 3.09. The van der Waals surface area contributed by atoms with E-state index >= 15 is 0 Å². The van der Waals surface area contributed by atoms with Gasteiger partial charge in [-0.3, -0.25) is 4.79 Å². The van der Waals surface area contributed by atoms with E-state index in [1.54, 1.807) is 21.8 Å². The zero-order chi connectivity index (χ0) is 17.1. The van der Waals surface area contributed by atoms with Crippen molar-refractivity contribution in [1.29, 1.82) is 0 Å². The summed E-state index contributed by atoms with van der Waals surface area (Å²) in [6, 6.07) is 6.46. The van der Waals surface area contributed by atoms with Gasteiger partial charge < -0.3 is 10.6 Å². The molecule has 3 rings (SSSR count). The van der Waals surface area contributed by atoms with E-state index in [-0.39, 0.29) is 30.2 Å². The summed E-state index contributed by atoms with van der Waals surface area (Å²) in [5, 5.41) is 7.94. The number of aromatic nitrogens is 3. The minimum Gasteiger partial charge on any atom is -0.337 e. The second-order valence-electron chi connectivity index (χ2n) is 6.42. The molecular weight excluding hydrogens is 345 g/mol. The third kappa shape index (κ3) is 4.76. The number of hydrogen-bond acceptors (Lipinski definition) is 4. The lowest BCUT2D eigenvalue weighted by Gasteiger charge is -2.33. The number of nitrogens with two attached hydrogens (primary N) is 1. The molecule has 25 heavy (non-hydrogen) atoms. The molecule has 1 aliphatic heterocycles. The van der Waals surface area contributed by atoms with Gasteiger partial charge in [0.15, 0.2) is 5.69 Å². The zero-order valence-electron chi connectivity index (χ0n) is 14.1. The Morgan fingerprint density at radius 1 is 1.40 bits per heavy atom. The Bertz CT molecular complexity index is 713. The molecule has 0 aliphatic carbocycles.